The van der Waals surface area contributed by atoms with E-state index in [1.807, 2.05) is 93.4 Å². The molecule has 42 nitrogen and oxygen atoms in total. The monoisotopic (exact) mass is 1840 g/mol. The fourth-order valence-corrected chi connectivity index (χ4v) is 16.1. The van der Waals surface area contributed by atoms with Gasteiger partial charge in [0.05, 0.1) is 85.8 Å². The number of nitrogens with zero attached hydrogens (tertiary/aromatic N) is 18. The summed E-state index contributed by atoms with van der Waals surface area (Å²) in [7, 11) is 22.8. The van der Waals surface area contributed by atoms with Crippen LogP contribution in [-0.4, -0.2) is 252 Å². The molecule has 1 fully saturated rings. The maximum atomic E-state index is 14.4. The molecule has 1 aliphatic heterocycles. The van der Waals surface area contributed by atoms with Crippen LogP contribution < -0.4 is 57.7 Å². The molecule has 0 spiro atoms. The fraction of sp³-hybridized carbons (Fsp3) is 0.300. The molecule has 0 aliphatic carbocycles. The first-order chi connectivity index (χ1) is 63.3. The first-order valence-corrected chi connectivity index (χ1v) is 43.1. The molecule has 1 unspecified atom stereocenters. The molecular weight excluding hydrogens is 1730 g/mol. The van der Waals surface area contributed by atoms with Crippen molar-refractivity contribution in [3.63, 3.8) is 0 Å². The van der Waals surface area contributed by atoms with Gasteiger partial charge in [0.2, 0.25) is 29.4 Å². The second-order valence-corrected chi connectivity index (χ2v) is 33.8. The van der Waals surface area contributed by atoms with E-state index in [4.69, 9.17) is 4.42 Å². The van der Waals surface area contributed by atoms with Crippen LogP contribution in [-0.2, 0) is 65.5 Å². The SMILES string of the molecule is CN(C)CCCN=C(O)CCN=C(O)c1cc(NC(=O)c2cc(NC(=O)c3cc(NC(=O)c4cc(N=C(O)CCNC(=O)c5cc(NC(=O)c6cc(NC(=O)c7nc(NC(=O)c8nccn8C)cn7C)cn6CCCN=C(O)[C@@H]([NH3+])CSC6CC(=O)N(c7ccc(-c8c9ccc(N(C)C)cc9[o+]c9cc(N(C)C)ccc89)cc7C(=O)O)C6=O)cn5C)cn4C)cn3C)cn2C)cn1C. The first-order valence-electron chi connectivity index (χ1n) is 42.0. The number of amides is 9. The van der Waals surface area contributed by atoms with Gasteiger partial charge in [-0.1, -0.05) is 6.07 Å². The van der Waals surface area contributed by atoms with E-state index in [-0.39, 0.29) is 161 Å². The third-order valence-electron chi connectivity index (χ3n) is 21.8. The van der Waals surface area contributed by atoms with Crippen molar-refractivity contribution < 1.29 is 83.6 Å². The van der Waals surface area contributed by atoms with E-state index in [0.717, 1.165) is 41.0 Å². The first kappa shape index (κ1) is 94.7. The molecule has 694 valence electrons. The van der Waals surface area contributed by atoms with E-state index in [1.165, 1.54) is 107 Å². The van der Waals surface area contributed by atoms with Crippen LogP contribution in [0.5, 0.6) is 0 Å². The van der Waals surface area contributed by atoms with Crippen LogP contribution >= 0.6 is 11.8 Å². The Balaban J connectivity index is 0.605. The lowest BCUT2D eigenvalue weighted by atomic mass is 9.94. The molecule has 3 aromatic carbocycles. The number of carbonyl (C=O) groups excluding carboxylic acids is 9. The highest BCUT2D eigenvalue weighted by atomic mass is 32.2. The summed E-state index contributed by atoms with van der Waals surface area (Å²) in [6.07, 6.45) is 14.4. The van der Waals surface area contributed by atoms with Crippen LogP contribution in [0.4, 0.5) is 57.0 Å². The number of anilines is 9. The number of imide groups is 1. The van der Waals surface area contributed by atoms with Gasteiger partial charge in [0.15, 0.2) is 29.5 Å². The lowest BCUT2D eigenvalue weighted by Crippen LogP contribution is -2.66. The van der Waals surface area contributed by atoms with Gasteiger partial charge >= 0.3 is 17.1 Å². The number of thioether (sulfide) groups is 1. The third kappa shape index (κ3) is 22.3. The standard InChI is InChI=1S/C90H102N26O16S/c1-105(2)29-14-24-92-74(117)22-26-95-81(121)64-34-52(43-109(64)8)98-84(124)67-37-55(46-112(67)11)100-85(125)68-36-54(45-113(68)12)99-83(123)66-33-51(42-111(66)10)97-75(118)23-27-96-82(122)65-35-53(44-110(65)9)101-86(126)69-38-56(102-88(128)79-103-73(48-114(79)13)104-87(127)78-93-28-31-108(78)7)47-115(69)30-15-25-94-80(120)62(91)49-133-72-41-76(119)116(89(72)129)63-21-16-50(32-61(63)90(130)131)77-59-19-17-57(106(3)4)39-70(59)132-71-40-58(107(5)6)18-20-60(71)77/h16-21,28,31-40,42-48,62,72H,14-15,22-27,29-30,41,49,91H2,1-13H3,(H11-,92,94,95,96,97,98,99,100,101,102,104,117,118,120,121,122,123,124,125,126,127,128,130,131)/p+2/t62-,72?/m0/s1. The summed E-state index contributed by atoms with van der Waals surface area (Å²) in [5.74, 6) is -7.83. The number of fused-ring (bicyclic) bond motifs is 2. The zero-order chi connectivity index (χ0) is 95.7. The minimum atomic E-state index is -1.36. The van der Waals surface area contributed by atoms with Crippen LogP contribution in [0, 0.1) is 0 Å². The number of hydrogen-bond acceptors (Lipinski definition) is 20. The quantitative estimate of drug-likeness (QED) is 0.00429. The normalized spacial score (nSPS) is 13.5. The van der Waals surface area contributed by atoms with Crippen molar-refractivity contribution in [1.29, 1.82) is 0 Å². The molecule has 9 aromatic heterocycles. The second-order valence-electron chi connectivity index (χ2n) is 32.5. The molecular formula is C90H104N26O16S+2. The largest absolute Gasteiger partial charge is 0.497 e. The van der Waals surface area contributed by atoms with Gasteiger partial charge in [-0.05, 0) is 112 Å². The molecule has 13 rings (SSSR count). The Hall–Kier alpha value is -15.9. The highest BCUT2D eigenvalue weighted by molar-refractivity contribution is 8.00. The Bertz CT molecular complexity index is 6610. The third-order valence-corrected chi connectivity index (χ3v) is 23.1. The Morgan fingerprint density at radius 1 is 0.534 bits per heavy atom. The molecule has 10 heterocycles. The van der Waals surface area contributed by atoms with Crippen molar-refractivity contribution in [1.82, 2.24) is 56.7 Å². The highest BCUT2D eigenvalue weighted by Gasteiger charge is 2.42. The molecule has 0 saturated carbocycles. The Morgan fingerprint density at radius 3 is 1.63 bits per heavy atom. The number of aliphatic imine (C=N–C) groups is 4. The summed E-state index contributed by atoms with van der Waals surface area (Å²) in [5.41, 5.74) is 10.2. The number of rotatable bonds is 38. The smallest absolute Gasteiger partial charge is 0.363 e. The van der Waals surface area contributed by atoms with Gasteiger partial charge in [-0.25, -0.2) is 34.1 Å². The summed E-state index contributed by atoms with van der Waals surface area (Å²) >= 11 is 1.06. The van der Waals surface area contributed by atoms with Crippen molar-refractivity contribution in [2.24, 2.45) is 69.3 Å². The predicted octanol–water partition coefficient (Wildman–Crippen LogP) is 8.87. The number of aromatic carboxylic acids is 1. The minimum Gasteiger partial charge on any atom is -0.497 e. The van der Waals surface area contributed by atoms with E-state index < -0.39 is 70.4 Å². The van der Waals surface area contributed by atoms with Crippen LogP contribution in [0.2, 0.25) is 0 Å². The summed E-state index contributed by atoms with van der Waals surface area (Å²) in [5, 5.41) is 73.7. The van der Waals surface area contributed by atoms with Crippen molar-refractivity contribution in [3.8, 4) is 11.1 Å². The van der Waals surface area contributed by atoms with Crippen molar-refractivity contribution in [3.05, 3.63) is 198 Å². The Kier molecular flexibility index (Phi) is 29.1. The zero-order valence-corrected chi connectivity index (χ0v) is 76.2. The van der Waals surface area contributed by atoms with Gasteiger partial charge in [-0.3, -0.25) is 53.1 Å². The highest BCUT2D eigenvalue weighted by Crippen LogP contribution is 2.42. The Labute approximate surface area is 765 Å². The maximum Gasteiger partial charge on any atom is 0.363 e. The zero-order valence-electron chi connectivity index (χ0n) is 75.4. The van der Waals surface area contributed by atoms with E-state index in [9.17, 15) is 73.5 Å². The summed E-state index contributed by atoms with van der Waals surface area (Å²) in [6.45, 7) is 1.34. The number of aryl methyl sites for hydroxylation is 8. The second kappa shape index (κ2) is 40.8. The number of quaternary nitrogens is 1. The molecule has 9 amide bonds. The number of carboxylic acids is 1. The van der Waals surface area contributed by atoms with Gasteiger partial charge in [-0.15, -0.1) is 11.8 Å². The fourth-order valence-electron chi connectivity index (χ4n) is 14.9. The number of carbonyl (C=O) groups is 10. The van der Waals surface area contributed by atoms with Gasteiger partial charge < -0.3 is 120 Å². The number of aliphatic hydroxyl groups excluding tert-OH is 4. The van der Waals surface area contributed by atoms with Crippen LogP contribution in [0.25, 0.3) is 33.1 Å². The van der Waals surface area contributed by atoms with E-state index >= 15 is 0 Å². The average Bonchev–Trinajstić information content (AvgIpc) is 1.57. The van der Waals surface area contributed by atoms with Gasteiger partial charge in [-0.2, -0.15) is 0 Å². The molecule has 0 radical (unpaired) electrons. The van der Waals surface area contributed by atoms with Crippen LogP contribution in [0.15, 0.2) is 171 Å². The lowest BCUT2D eigenvalue weighted by Gasteiger charge is -2.19. The topological polar surface area (TPSA) is 523 Å². The molecule has 133 heavy (non-hydrogen) atoms. The number of benzene rings is 3. The van der Waals surface area contributed by atoms with Gasteiger partial charge in [0, 0.05) is 196 Å². The molecule has 1 saturated heterocycles. The molecule has 0 bridgehead atoms. The van der Waals surface area contributed by atoms with Gasteiger partial charge in [0.25, 0.3) is 41.4 Å². The van der Waals surface area contributed by atoms with Crippen molar-refractivity contribution in [2.75, 3.05) is 127 Å². The van der Waals surface area contributed by atoms with Crippen molar-refractivity contribution >= 4 is 173 Å². The Morgan fingerprint density at radius 2 is 1.06 bits per heavy atom. The molecule has 15 N–H and O–H groups in total. The predicted molar refractivity (Wildman–Crippen MR) is 508 cm³/mol. The summed E-state index contributed by atoms with van der Waals surface area (Å²) in [4.78, 5) is 169. The van der Waals surface area contributed by atoms with E-state index in [1.54, 1.807) is 89.2 Å². The molecule has 2 atom stereocenters. The number of aromatic nitrogens is 10. The maximum absolute atomic E-state index is 14.4. The number of aliphatic hydroxyl groups is 4. The minimum absolute atomic E-state index is 0.0112. The number of hydrogen-bond donors (Lipinski definition) is 13. The summed E-state index contributed by atoms with van der Waals surface area (Å²) < 4.78 is 18.5. The lowest BCUT2D eigenvalue weighted by molar-refractivity contribution is -0.390. The van der Waals surface area contributed by atoms with Crippen molar-refractivity contribution in [2.45, 2.75) is 49.9 Å². The van der Waals surface area contributed by atoms with Crippen LogP contribution in [0.1, 0.15) is 122 Å². The molecule has 12 aromatic rings. The van der Waals surface area contributed by atoms with E-state index in [0.29, 0.717) is 56.7 Å². The molecule has 1 aliphatic rings. The van der Waals surface area contributed by atoms with E-state index in [2.05, 4.69) is 72.9 Å². The molecule has 43 heteroatoms. The number of carboxylic acid groups (broad SMARTS) is 1. The summed E-state index contributed by atoms with van der Waals surface area (Å²) in [6, 6.07) is 24.0. The average molecular weight is 1840 g/mol. The van der Waals surface area contributed by atoms with Crippen LogP contribution in [0.3, 0.4) is 0 Å². The van der Waals surface area contributed by atoms with Gasteiger partial charge in [0.1, 0.15) is 34.2 Å². The number of imidazole rings is 2. The number of nitrogens with one attached hydrogen (secondary N) is 7.